The SMILES string of the molecule is COCCN=C(C)CC(C)=O. The molecular weight excluding hydrogens is 142 g/mol. The van der Waals surface area contributed by atoms with E-state index < -0.39 is 0 Å². The lowest BCUT2D eigenvalue weighted by Crippen LogP contribution is -2.02. The van der Waals surface area contributed by atoms with Gasteiger partial charge in [-0.05, 0) is 13.8 Å². The van der Waals surface area contributed by atoms with Crippen LogP contribution in [-0.2, 0) is 9.53 Å². The third-order valence-electron chi connectivity index (χ3n) is 1.18. The third kappa shape index (κ3) is 7.19. The number of carbonyl (C=O) groups is 1. The predicted octanol–water partition coefficient (Wildman–Crippen LogP) is 1.07. The summed E-state index contributed by atoms with van der Waals surface area (Å²) in [5.41, 5.74) is 0.884. The minimum Gasteiger partial charge on any atom is -0.383 e. The number of ether oxygens (including phenoxy) is 1. The van der Waals surface area contributed by atoms with E-state index >= 15 is 0 Å². The van der Waals surface area contributed by atoms with Crippen LogP contribution in [0.15, 0.2) is 4.99 Å². The summed E-state index contributed by atoms with van der Waals surface area (Å²) in [6.45, 7) is 4.69. The molecule has 11 heavy (non-hydrogen) atoms. The van der Waals surface area contributed by atoms with Gasteiger partial charge in [0, 0.05) is 19.2 Å². The predicted molar refractivity (Wildman–Crippen MR) is 45.2 cm³/mol. The number of hydrogen-bond donors (Lipinski definition) is 0. The molecule has 0 aromatic carbocycles. The zero-order valence-corrected chi connectivity index (χ0v) is 7.39. The van der Waals surface area contributed by atoms with Gasteiger partial charge in [0.25, 0.3) is 0 Å². The van der Waals surface area contributed by atoms with Crippen LogP contribution in [0.25, 0.3) is 0 Å². The topological polar surface area (TPSA) is 38.7 Å². The number of rotatable bonds is 5. The molecule has 0 spiro atoms. The van der Waals surface area contributed by atoms with Gasteiger partial charge in [-0.25, -0.2) is 0 Å². The van der Waals surface area contributed by atoms with Gasteiger partial charge in [0.1, 0.15) is 5.78 Å². The van der Waals surface area contributed by atoms with E-state index in [1.165, 1.54) is 0 Å². The lowest BCUT2D eigenvalue weighted by atomic mass is 10.2. The number of carbonyl (C=O) groups excluding carboxylic acids is 1. The van der Waals surface area contributed by atoms with E-state index in [1.807, 2.05) is 6.92 Å². The normalized spacial score (nSPS) is 11.7. The standard InChI is InChI=1S/C8H15NO2/c1-7(6-8(2)10)9-4-5-11-3/h4-6H2,1-3H3. The van der Waals surface area contributed by atoms with Crippen LogP contribution in [0.4, 0.5) is 0 Å². The quantitative estimate of drug-likeness (QED) is 0.442. The molecule has 0 radical (unpaired) electrons. The van der Waals surface area contributed by atoms with Crippen LogP contribution in [0.2, 0.25) is 0 Å². The molecule has 0 atom stereocenters. The first-order valence-electron chi connectivity index (χ1n) is 3.65. The van der Waals surface area contributed by atoms with Crippen molar-refractivity contribution in [2.45, 2.75) is 20.3 Å². The molecule has 0 saturated carbocycles. The second-order valence-electron chi connectivity index (χ2n) is 2.49. The van der Waals surface area contributed by atoms with Crippen LogP contribution < -0.4 is 0 Å². The van der Waals surface area contributed by atoms with Crippen molar-refractivity contribution in [3.63, 3.8) is 0 Å². The van der Waals surface area contributed by atoms with Crippen LogP contribution in [0.5, 0.6) is 0 Å². The van der Waals surface area contributed by atoms with Gasteiger partial charge in [-0.3, -0.25) is 9.79 Å². The Labute approximate surface area is 67.5 Å². The molecule has 0 heterocycles. The summed E-state index contributed by atoms with van der Waals surface area (Å²) in [5, 5.41) is 0. The third-order valence-corrected chi connectivity index (χ3v) is 1.18. The molecule has 3 heteroatoms. The number of nitrogens with zero attached hydrogens (tertiary/aromatic N) is 1. The molecule has 0 aliphatic carbocycles. The maximum atomic E-state index is 10.6. The average Bonchev–Trinajstić information content (AvgIpc) is 1.86. The summed E-state index contributed by atoms with van der Waals surface area (Å²) in [5.74, 6) is 0.156. The molecule has 3 nitrogen and oxygen atoms in total. The molecule has 0 aromatic rings. The van der Waals surface area contributed by atoms with Crippen LogP contribution in [0.3, 0.4) is 0 Å². The Hall–Kier alpha value is -0.700. The van der Waals surface area contributed by atoms with Gasteiger partial charge in [-0.1, -0.05) is 0 Å². The first-order chi connectivity index (χ1) is 5.16. The van der Waals surface area contributed by atoms with Gasteiger partial charge in [0.2, 0.25) is 0 Å². The highest BCUT2D eigenvalue weighted by molar-refractivity contribution is 5.99. The zero-order valence-electron chi connectivity index (χ0n) is 7.39. The highest BCUT2D eigenvalue weighted by atomic mass is 16.5. The Bertz CT molecular complexity index is 152. The van der Waals surface area contributed by atoms with Crippen molar-refractivity contribution < 1.29 is 9.53 Å². The lowest BCUT2D eigenvalue weighted by Gasteiger charge is -1.96. The van der Waals surface area contributed by atoms with Crippen LogP contribution in [0.1, 0.15) is 20.3 Å². The monoisotopic (exact) mass is 157 g/mol. The van der Waals surface area contributed by atoms with Gasteiger partial charge in [-0.2, -0.15) is 0 Å². The summed E-state index contributed by atoms with van der Waals surface area (Å²) in [4.78, 5) is 14.7. The smallest absolute Gasteiger partial charge is 0.135 e. The lowest BCUT2D eigenvalue weighted by molar-refractivity contribution is -0.115. The Balaban J connectivity index is 3.54. The minimum absolute atomic E-state index is 0.156. The molecule has 0 aromatic heterocycles. The van der Waals surface area contributed by atoms with E-state index in [4.69, 9.17) is 4.74 Å². The second kappa shape index (κ2) is 6.04. The first-order valence-corrected chi connectivity index (χ1v) is 3.65. The van der Waals surface area contributed by atoms with E-state index in [1.54, 1.807) is 14.0 Å². The fourth-order valence-electron chi connectivity index (χ4n) is 0.744. The zero-order chi connectivity index (χ0) is 8.69. The average molecular weight is 157 g/mol. The molecule has 0 unspecified atom stereocenters. The number of aliphatic imine (C=N–C) groups is 1. The highest BCUT2D eigenvalue weighted by Crippen LogP contribution is 1.87. The van der Waals surface area contributed by atoms with Crippen molar-refractivity contribution in [1.82, 2.24) is 0 Å². The molecule has 0 amide bonds. The Morgan fingerprint density at radius 2 is 2.09 bits per heavy atom. The number of hydrogen-bond acceptors (Lipinski definition) is 3. The van der Waals surface area contributed by atoms with Crippen molar-refractivity contribution in [3.8, 4) is 0 Å². The van der Waals surface area contributed by atoms with Crippen LogP contribution in [-0.4, -0.2) is 31.8 Å². The first kappa shape index (κ1) is 10.3. The van der Waals surface area contributed by atoms with Crippen molar-refractivity contribution in [3.05, 3.63) is 0 Å². The molecular formula is C8H15NO2. The number of methoxy groups -OCH3 is 1. The van der Waals surface area contributed by atoms with E-state index in [2.05, 4.69) is 4.99 Å². The minimum atomic E-state index is 0.156. The number of Topliss-reactive ketones (excluding diaryl/α,β-unsaturated/α-hetero) is 1. The second-order valence-corrected chi connectivity index (χ2v) is 2.49. The molecule has 0 bridgehead atoms. The molecule has 0 aliphatic rings. The molecule has 0 aliphatic heterocycles. The largest absolute Gasteiger partial charge is 0.383 e. The summed E-state index contributed by atoms with van der Waals surface area (Å²) < 4.78 is 4.81. The van der Waals surface area contributed by atoms with Crippen molar-refractivity contribution in [1.29, 1.82) is 0 Å². The van der Waals surface area contributed by atoms with Crippen molar-refractivity contribution >= 4 is 11.5 Å². The van der Waals surface area contributed by atoms with Gasteiger partial charge in [0.05, 0.1) is 13.2 Å². The van der Waals surface area contributed by atoms with E-state index in [9.17, 15) is 4.79 Å². The van der Waals surface area contributed by atoms with E-state index in [-0.39, 0.29) is 5.78 Å². The Morgan fingerprint density at radius 3 is 2.55 bits per heavy atom. The molecule has 64 valence electrons. The summed E-state index contributed by atoms with van der Waals surface area (Å²) in [6, 6.07) is 0. The fourth-order valence-corrected chi connectivity index (χ4v) is 0.744. The molecule has 0 fully saturated rings. The molecule has 0 rings (SSSR count). The summed E-state index contributed by atoms with van der Waals surface area (Å²) >= 11 is 0. The molecule has 0 N–H and O–H groups in total. The van der Waals surface area contributed by atoms with Crippen LogP contribution >= 0.6 is 0 Å². The van der Waals surface area contributed by atoms with E-state index in [0.29, 0.717) is 19.6 Å². The Morgan fingerprint density at radius 1 is 1.45 bits per heavy atom. The van der Waals surface area contributed by atoms with Crippen molar-refractivity contribution in [2.75, 3.05) is 20.3 Å². The van der Waals surface area contributed by atoms with Crippen LogP contribution in [0, 0.1) is 0 Å². The van der Waals surface area contributed by atoms with Gasteiger partial charge >= 0.3 is 0 Å². The Kier molecular flexibility index (Phi) is 5.65. The fraction of sp³-hybridized carbons (Fsp3) is 0.750. The maximum absolute atomic E-state index is 10.6. The highest BCUT2D eigenvalue weighted by Gasteiger charge is 1.95. The molecule has 0 saturated heterocycles. The van der Waals surface area contributed by atoms with E-state index in [0.717, 1.165) is 5.71 Å². The number of ketones is 1. The summed E-state index contributed by atoms with van der Waals surface area (Å²) in [6.07, 6.45) is 0.462. The van der Waals surface area contributed by atoms with Crippen molar-refractivity contribution in [2.24, 2.45) is 4.99 Å². The van der Waals surface area contributed by atoms with Gasteiger partial charge in [-0.15, -0.1) is 0 Å². The van der Waals surface area contributed by atoms with Gasteiger partial charge in [0.15, 0.2) is 0 Å². The summed E-state index contributed by atoms with van der Waals surface area (Å²) in [7, 11) is 1.63. The maximum Gasteiger partial charge on any atom is 0.135 e. The van der Waals surface area contributed by atoms with Gasteiger partial charge < -0.3 is 4.74 Å².